The minimum absolute atomic E-state index is 0.0456. The molecule has 0 saturated carbocycles. The molecule has 0 aromatic heterocycles. The Hall–Kier alpha value is -0.660. The van der Waals surface area contributed by atoms with Crippen molar-refractivity contribution in [1.29, 1.82) is 0 Å². The van der Waals surface area contributed by atoms with Gasteiger partial charge in [0, 0.05) is 0 Å². The summed E-state index contributed by atoms with van der Waals surface area (Å²) in [6, 6.07) is 3.38. The first-order chi connectivity index (χ1) is 5.88. The summed E-state index contributed by atoms with van der Waals surface area (Å²) in [5.74, 6) is -0.558. The van der Waals surface area contributed by atoms with Crippen molar-refractivity contribution in [3.8, 4) is 5.75 Å². The molecule has 0 amide bonds. The highest BCUT2D eigenvalue weighted by Crippen LogP contribution is 2.22. The molecule has 0 aliphatic heterocycles. The van der Waals surface area contributed by atoms with Gasteiger partial charge < -0.3 is 4.18 Å². The topological polar surface area (TPSA) is 69.4 Å². The van der Waals surface area contributed by atoms with E-state index < -0.39 is 16.1 Å². The van der Waals surface area contributed by atoms with Gasteiger partial charge >= 0.3 is 10.3 Å². The van der Waals surface area contributed by atoms with Crippen molar-refractivity contribution in [1.82, 2.24) is 0 Å². The zero-order chi connectivity index (χ0) is 10.1. The first-order valence-electron chi connectivity index (χ1n) is 3.06. The second kappa shape index (κ2) is 3.60. The van der Waals surface area contributed by atoms with Crippen molar-refractivity contribution >= 4 is 26.2 Å². The zero-order valence-corrected chi connectivity index (χ0v) is 8.60. The molecule has 7 heteroatoms. The summed E-state index contributed by atoms with van der Waals surface area (Å²) in [6.45, 7) is 0. The molecule has 0 radical (unpaired) electrons. The maximum atomic E-state index is 12.6. The predicted octanol–water partition coefficient (Wildman–Crippen LogP) is 1.17. The summed E-state index contributed by atoms with van der Waals surface area (Å²) in [5, 5.41) is 4.60. The van der Waals surface area contributed by atoms with E-state index in [-0.39, 0.29) is 10.2 Å². The molecule has 0 unspecified atom stereocenters. The van der Waals surface area contributed by atoms with Crippen LogP contribution in [0.1, 0.15) is 0 Å². The van der Waals surface area contributed by atoms with E-state index in [0.717, 1.165) is 12.1 Å². The molecule has 0 heterocycles. The monoisotopic (exact) mass is 269 g/mol. The van der Waals surface area contributed by atoms with E-state index in [9.17, 15) is 12.8 Å². The third kappa shape index (κ3) is 3.29. The van der Waals surface area contributed by atoms with Crippen LogP contribution in [0.15, 0.2) is 22.7 Å². The van der Waals surface area contributed by atoms with E-state index in [1.165, 1.54) is 6.07 Å². The van der Waals surface area contributed by atoms with Crippen molar-refractivity contribution in [3.63, 3.8) is 0 Å². The molecule has 2 N–H and O–H groups in total. The number of hydrogen-bond donors (Lipinski definition) is 1. The van der Waals surface area contributed by atoms with Gasteiger partial charge in [-0.05, 0) is 34.1 Å². The van der Waals surface area contributed by atoms with Crippen LogP contribution in [0.4, 0.5) is 4.39 Å². The number of benzene rings is 1. The summed E-state index contributed by atoms with van der Waals surface area (Å²) >= 11 is 2.86. The van der Waals surface area contributed by atoms with Gasteiger partial charge in [-0.15, -0.1) is 0 Å². The summed E-state index contributed by atoms with van der Waals surface area (Å²) in [5.41, 5.74) is 0. The Labute approximate surface area is 82.9 Å². The third-order valence-corrected chi connectivity index (χ3v) is 2.14. The normalized spacial score (nSPS) is 11.3. The maximum absolute atomic E-state index is 12.6. The van der Waals surface area contributed by atoms with Gasteiger partial charge in [0.25, 0.3) is 0 Å². The van der Waals surface area contributed by atoms with Gasteiger partial charge in [-0.1, -0.05) is 0 Å². The van der Waals surface area contributed by atoms with E-state index in [0.29, 0.717) is 0 Å². The van der Waals surface area contributed by atoms with Gasteiger partial charge in [-0.2, -0.15) is 13.6 Å². The Kier molecular flexibility index (Phi) is 2.89. The molecule has 0 spiro atoms. The number of nitrogens with two attached hydrogens (primary N) is 1. The summed E-state index contributed by atoms with van der Waals surface area (Å²) in [7, 11) is -4.05. The Bertz CT molecular complexity index is 420. The highest BCUT2D eigenvalue weighted by atomic mass is 79.9. The Morgan fingerprint density at radius 2 is 2.08 bits per heavy atom. The quantitative estimate of drug-likeness (QED) is 0.877. The van der Waals surface area contributed by atoms with Crippen molar-refractivity contribution < 1.29 is 17.0 Å². The number of halogens is 2. The molecule has 0 aliphatic rings. The molecule has 0 fully saturated rings. The lowest BCUT2D eigenvalue weighted by Gasteiger charge is -2.02. The molecule has 1 rings (SSSR count). The second-order valence-electron chi connectivity index (χ2n) is 2.15. The van der Waals surface area contributed by atoms with E-state index >= 15 is 0 Å². The van der Waals surface area contributed by atoms with Crippen molar-refractivity contribution in [2.24, 2.45) is 5.14 Å². The molecule has 0 atom stereocenters. The minimum Gasteiger partial charge on any atom is -0.371 e. The molecule has 13 heavy (non-hydrogen) atoms. The lowest BCUT2D eigenvalue weighted by atomic mass is 10.3. The molecule has 4 nitrogen and oxygen atoms in total. The molecule has 0 saturated heterocycles. The summed E-state index contributed by atoms with van der Waals surface area (Å²) in [6.07, 6.45) is 0. The summed E-state index contributed by atoms with van der Waals surface area (Å²) in [4.78, 5) is 0. The van der Waals surface area contributed by atoms with E-state index in [4.69, 9.17) is 0 Å². The van der Waals surface area contributed by atoms with Crippen LogP contribution in [0.25, 0.3) is 0 Å². The lowest BCUT2D eigenvalue weighted by Crippen LogP contribution is -2.18. The predicted molar refractivity (Wildman–Crippen MR) is 47.8 cm³/mol. The molecular weight excluding hydrogens is 265 g/mol. The van der Waals surface area contributed by atoms with Crippen LogP contribution < -0.4 is 9.32 Å². The van der Waals surface area contributed by atoms with Crippen LogP contribution in [0, 0.1) is 5.82 Å². The Morgan fingerprint density at radius 1 is 1.46 bits per heavy atom. The van der Waals surface area contributed by atoms with Gasteiger partial charge in [0.15, 0.2) is 0 Å². The van der Waals surface area contributed by atoms with E-state index in [1.807, 2.05) is 0 Å². The molecule has 1 aromatic rings. The van der Waals surface area contributed by atoms with Gasteiger partial charge in [-0.3, -0.25) is 0 Å². The van der Waals surface area contributed by atoms with Gasteiger partial charge in [0.1, 0.15) is 11.6 Å². The highest BCUT2D eigenvalue weighted by Gasteiger charge is 2.06. The van der Waals surface area contributed by atoms with Crippen LogP contribution in [0.5, 0.6) is 5.75 Å². The van der Waals surface area contributed by atoms with Gasteiger partial charge in [0.05, 0.1) is 4.47 Å². The lowest BCUT2D eigenvalue weighted by molar-refractivity contribution is 0.486. The minimum atomic E-state index is -4.05. The first-order valence-corrected chi connectivity index (χ1v) is 5.32. The van der Waals surface area contributed by atoms with Crippen molar-refractivity contribution in [2.75, 3.05) is 0 Å². The number of hydrogen-bond acceptors (Lipinski definition) is 3. The van der Waals surface area contributed by atoms with Crippen LogP contribution in [-0.4, -0.2) is 8.42 Å². The average molecular weight is 270 g/mol. The van der Waals surface area contributed by atoms with Gasteiger partial charge in [-0.25, -0.2) is 4.39 Å². The van der Waals surface area contributed by atoms with Crippen LogP contribution in [-0.2, 0) is 10.3 Å². The standard InChI is InChI=1S/C6H5BrFNO3S/c7-5-3-4(1-2-6(5)8)12-13(9,10)11/h1-3H,(H2,9,10,11). The van der Waals surface area contributed by atoms with Crippen LogP contribution in [0.3, 0.4) is 0 Å². The fraction of sp³-hybridized carbons (Fsp3) is 0. The number of rotatable bonds is 2. The summed E-state index contributed by atoms with van der Waals surface area (Å²) < 4.78 is 37.9. The van der Waals surface area contributed by atoms with Crippen molar-refractivity contribution in [3.05, 3.63) is 28.5 Å². The molecule has 0 bridgehead atoms. The second-order valence-corrected chi connectivity index (χ2v) is 4.16. The first kappa shape index (κ1) is 10.4. The average Bonchev–Trinajstić information content (AvgIpc) is 1.94. The van der Waals surface area contributed by atoms with Gasteiger partial charge in [0.2, 0.25) is 0 Å². The third-order valence-electron chi connectivity index (χ3n) is 1.10. The van der Waals surface area contributed by atoms with Crippen molar-refractivity contribution in [2.45, 2.75) is 0 Å². The van der Waals surface area contributed by atoms with Crippen LogP contribution in [0.2, 0.25) is 0 Å². The largest absolute Gasteiger partial charge is 0.380 e. The molecule has 72 valence electrons. The fourth-order valence-electron chi connectivity index (χ4n) is 0.663. The smallest absolute Gasteiger partial charge is 0.371 e. The zero-order valence-electron chi connectivity index (χ0n) is 6.20. The Balaban J connectivity index is 2.99. The Morgan fingerprint density at radius 3 is 2.54 bits per heavy atom. The molecule has 0 aliphatic carbocycles. The van der Waals surface area contributed by atoms with E-state index in [1.54, 1.807) is 0 Å². The SMILES string of the molecule is NS(=O)(=O)Oc1ccc(F)c(Br)c1. The maximum Gasteiger partial charge on any atom is 0.380 e. The van der Waals surface area contributed by atoms with Crippen LogP contribution >= 0.6 is 15.9 Å². The fourth-order valence-corrected chi connectivity index (χ4v) is 1.39. The van der Waals surface area contributed by atoms with E-state index in [2.05, 4.69) is 25.3 Å². The highest BCUT2D eigenvalue weighted by molar-refractivity contribution is 9.10. The molecule has 1 aromatic carbocycles. The molecular formula is C6H5BrFNO3S.